The highest BCUT2D eigenvalue weighted by Gasteiger charge is 2.11. The fourth-order valence-electron chi connectivity index (χ4n) is 2.27. The summed E-state index contributed by atoms with van der Waals surface area (Å²) < 4.78 is 1.39. The molecule has 6 heteroatoms. The topological polar surface area (TPSA) is 63.2 Å². The van der Waals surface area contributed by atoms with Crippen LogP contribution in [0.5, 0.6) is 0 Å². The Labute approximate surface area is 116 Å². The number of nitrogens with one attached hydrogen (secondary N) is 4. The van der Waals surface area contributed by atoms with Crippen LogP contribution in [-0.2, 0) is 12.8 Å². The zero-order chi connectivity index (χ0) is 13.0. The van der Waals surface area contributed by atoms with Gasteiger partial charge in [-0.05, 0) is 49.6 Å². The van der Waals surface area contributed by atoms with Crippen molar-refractivity contribution in [3.05, 3.63) is 33.3 Å². The summed E-state index contributed by atoms with van der Waals surface area (Å²) >= 11 is 10.1. The van der Waals surface area contributed by atoms with Gasteiger partial charge in [0, 0.05) is 23.8 Å². The lowest BCUT2D eigenvalue weighted by molar-refractivity contribution is 0.466. The second-order valence-electron chi connectivity index (χ2n) is 4.60. The Hall–Kier alpha value is -1.14. The zero-order valence-electron chi connectivity index (χ0n) is 10.4. The Morgan fingerprint density at radius 1 is 1.00 bits per heavy atom. The van der Waals surface area contributed by atoms with E-state index in [1.807, 2.05) is 12.4 Å². The van der Waals surface area contributed by atoms with Crippen molar-refractivity contribution < 1.29 is 0 Å². The molecule has 0 saturated heterocycles. The van der Waals surface area contributed by atoms with Gasteiger partial charge in [-0.25, -0.2) is 0 Å². The molecule has 4 N–H and O–H groups in total. The molecule has 0 aliphatic carbocycles. The number of aromatic nitrogens is 4. The number of rotatable bonds is 6. The molecule has 18 heavy (non-hydrogen) atoms. The third kappa shape index (κ3) is 3.68. The lowest BCUT2D eigenvalue weighted by Crippen LogP contribution is -2.09. The second-order valence-corrected chi connectivity index (χ2v) is 5.42. The summed E-state index contributed by atoms with van der Waals surface area (Å²) in [6, 6.07) is 0. The molecule has 2 aromatic rings. The van der Waals surface area contributed by atoms with Gasteiger partial charge in [-0.3, -0.25) is 0 Å². The minimum absolute atomic E-state index is 0.595. The first-order chi connectivity index (χ1) is 8.67. The Kier molecular flexibility index (Phi) is 4.54. The summed E-state index contributed by atoms with van der Waals surface area (Å²) in [5.41, 5.74) is 2.35. The SMILES string of the molecule is CCCC(Cc1c[nH]c(=S)[nH]1)Cc1c[nH]c(=S)[nH]1. The van der Waals surface area contributed by atoms with Gasteiger partial charge >= 0.3 is 0 Å². The first-order valence-electron chi connectivity index (χ1n) is 6.20. The fraction of sp³-hybridized carbons (Fsp3) is 0.500. The van der Waals surface area contributed by atoms with Crippen LogP contribution in [0, 0.1) is 15.5 Å². The van der Waals surface area contributed by atoms with Crippen molar-refractivity contribution in [3.8, 4) is 0 Å². The van der Waals surface area contributed by atoms with E-state index in [4.69, 9.17) is 24.4 Å². The van der Waals surface area contributed by atoms with Gasteiger partial charge in [0.2, 0.25) is 0 Å². The smallest absolute Gasteiger partial charge is 0.174 e. The number of aromatic amines is 4. The summed E-state index contributed by atoms with van der Waals surface area (Å²) in [6.07, 6.45) is 8.31. The minimum Gasteiger partial charge on any atom is -0.337 e. The third-order valence-corrected chi connectivity index (χ3v) is 3.46. The van der Waals surface area contributed by atoms with Crippen LogP contribution in [-0.4, -0.2) is 19.9 Å². The van der Waals surface area contributed by atoms with E-state index >= 15 is 0 Å². The van der Waals surface area contributed by atoms with Crippen LogP contribution < -0.4 is 0 Å². The highest BCUT2D eigenvalue weighted by atomic mass is 32.1. The minimum atomic E-state index is 0.595. The highest BCUT2D eigenvalue weighted by Crippen LogP contribution is 2.17. The van der Waals surface area contributed by atoms with E-state index in [2.05, 4.69) is 26.9 Å². The van der Waals surface area contributed by atoms with Gasteiger partial charge in [0.1, 0.15) is 0 Å². The van der Waals surface area contributed by atoms with Crippen molar-refractivity contribution in [3.63, 3.8) is 0 Å². The maximum Gasteiger partial charge on any atom is 0.174 e. The van der Waals surface area contributed by atoms with Gasteiger partial charge in [0.05, 0.1) is 0 Å². The van der Waals surface area contributed by atoms with Crippen LogP contribution in [0.25, 0.3) is 0 Å². The van der Waals surface area contributed by atoms with E-state index in [-0.39, 0.29) is 0 Å². The average Bonchev–Trinajstić information content (AvgIpc) is 2.89. The maximum atomic E-state index is 5.05. The second kappa shape index (κ2) is 6.15. The highest BCUT2D eigenvalue weighted by molar-refractivity contribution is 7.71. The molecule has 0 bridgehead atoms. The lowest BCUT2D eigenvalue weighted by Gasteiger charge is -2.13. The van der Waals surface area contributed by atoms with Gasteiger partial charge in [0.15, 0.2) is 9.54 Å². The van der Waals surface area contributed by atoms with Gasteiger partial charge in [0.25, 0.3) is 0 Å². The molecule has 0 amide bonds. The van der Waals surface area contributed by atoms with Crippen molar-refractivity contribution in [2.24, 2.45) is 5.92 Å². The van der Waals surface area contributed by atoms with Gasteiger partial charge in [-0.1, -0.05) is 13.3 Å². The Balaban J connectivity index is 2.03. The monoisotopic (exact) mass is 282 g/mol. The van der Waals surface area contributed by atoms with E-state index < -0.39 is 0 Å². The number of hydrogen-bond donors (Lipinski definition) is 4. The molecule has 0 aliphatic heterocycles. The van der Waals surface area contributed by atoms with E-state index in [1.54, 1.807) is 0 Å². The van der Waals surface area contributed by atoms with Crippen LogP contribution >= 0.6 is 24.4 Å². The number of H-pyrrole nitrogens is 4. The van der Waals surface area contributed by atoms with Crippen molar-refractivity contribution >= 4 is 24.4 Å². The third-order valence-electron chi connectivity index (χ3n) is 3.02. The van der Waals surface area contributed by atoms with Gasteiger partial charge < -0.3 is 19.9 Å². The summed E-state index contributed by atoms with van der Waals surface area (Å²) in [5.74, 6) is 0.595. The zero-order valence-corrected chi connectivity index (χ0v) is 12.0. The molecule has 4 nitrogen and oxygen atoms in total. The molecule has 98 valence electrons. The molecule has 0 fully saturated rings. The standard InChI is InChI=1S/C12H18N4S2/c1-2-3-8(4-9-6-13-11(17)15-9)5-10-7-14-12(18)16-10/h6-8H,2-5H2,1H3,(H2,13,15,17)(H2,14,16,18). The molecule has 0 radical (unpaired) electrons. The Bertz CT molecular complexity index is 539. The van der Waals surface area contributed by atoms with E-state index in [0.29, 0.717) is 15.5 Å². The average molecular weight is 282 g/mol. The molecule has 2 aromatic heterocycles. The van der Waals surface area contributed by atoms with Crippen molar-refractivity contribution in [2.45, 2.75) is 32.6 Å². The quantitative estimate of drug-likeness (QED) is 0.611. The molecular formula is C12H18N4S2. The fourth-order valence-corrected chi connectivity index (χ4v) is 2.65. The van der Waals surface area contributed by atoms with Crippen LogP contribution in [0.3, 0.4) is 0 Å². The van der Waals surface area contributed by atoms with Crippen molar-refractivity contribution in [1.82, 2.24) is 19.9 Å². The Morgan fingerprint density at radius 2 is 1.50 bits per heavy atom. The first kappa shape index (κ1) is 13.3. The van der Waals surface area contributed by atoms with E-state index in [9.17, 15) is 0 Å². The van der Waals surface area contributed by atoms with E-state index in [1.165, 1.54) is 24.2 Å². The largest absolute Gasteiger partial charge is 0.337 e. The molecule has 2 rings (SSSR count). The summed E-state index contributed by atoms with van der Waals surface area (Å²) in [5, 5.41) is 0. The predicted octanol–water partition coefficient (Wildman–Crippen LogP) is 3.66. The molecule has 0 aromatic carbocycles. The van der Waals surface area contributed by atoms with Crippen LogP contribution in [0.15, 0.2) is 12.4 Å². The molecular weight excluding hydrogens is 264 g/mol. The molecule has 2 heterocycles. The maximum absolute atomic E-state index is 5.05. The predicted molar refractivity (Wildman–Crippen MR) is 77.8 cm³/mol. The van der Waals surface area contributed by atoms with Crippen molar-refractivity contribution in [2.75, 3.05) is 0 Å². The van der Waals surface area contributed by atoms with Crippen LogP contribution in [0.4, 0.5) is 0 Å². The molecule has 0 aliphatic rings. The summed E-state index contributed by atoms with van der Waals surface area (Å²) in [4.78, 5) is 12.4. The van der Waals surface area contributed by atoms with Crippen LogP contribution in [0.2, 0.25) is 0 Å². The summed E-state index contributed by atoms with van der Waals surface area (Å²) in [7, 11) is 0. The van der Waals surface area contributed by atoms with Crippen molar-refractivity contribution in [1.29, 1.82) is 0 Å². The normalized spacial score (nSPS) is 11.2. The molecule has 0 saturated carbocycles. The molecule has 0 atom stereocenters. The Morgan fingerprint density at radius 3 is 1.83 bits per heavy atom. The van der Waals surface area contributed by atoms with E-state index in [0.717, 1.165) is 12.8 Å². The molecule has 0 unspecified atom stereocenters. The van der Waals surface area contributed by atoms with Gasteiger partial charge in [-0.15, -0.1) is 0 Å². The summed E-state index contributed by atoms with van der Waals surface area (Å²) in [6.45, 7) is 2.21. The van der Waals surface area contributed by atoms with Gasteiger partial charge in [-0.2, -0.15) is 0 Å². The number of imidazole rings is 2. The first-order valence-corrected chi connectivity index (χ1v) is 7.02. The van der Waals surface area contributed by atoms with Crippen LogP contribution in [0.1, 0.15) is 31.2 Å². The lowest BCUT2D eigenvalue weighted by atomic mass is 9.93. The molecule has 0 spiro atoms. The number of hydrogen-bond acceptors (Lipinski definition) is 2.